The average Bonchev–Trinajstić information content (AvgIpc) is 2.67. The van der Waals surface area contributed by atoms with Crippen molar-refractivity contribution < 1.29 is 16.8 Å². The Kier molecular flexibility index (Phi) is 6.14. The molecule has 0 amide bonds. The highest BCUT2D eigenvalue weighted by Crippen LogP contribution is 2.29. The van der Waals surface area contributed by atoms with Crippen molar-refractivity contribution in [3.8, 4) is 0 Å². The number of hydrogen-bond donors (Lipinski definition) is 0. The summed E-state index contributed by atoms with van der Waals surface area (Å²) in [7, 11) is -8.72. The van der Waals surface area contributed by atoms with Crippen LogP contribution in [0.3, 0.4) is 0 Å². The lowest BCUT2D eigenvalue weighted by Gasteiger charge is -2.23. The molecule has 0 aromatic heterocycles. The summed E-state index contributed by atoms with van der Waals surface area (Å²) in [6.45, 7) is 3.23. The molecule has 0 atom stereocenters. The Labute approximate surface area is 176 Å². The van der Waals surface area contributed by atoms with E-state index in [0.29, 0.717) is 9.27 Å². The first-order valence-corrected chi connectivity index (χ1v) is 12.0. The molecule has 5 nitrogen and oxygen atoms in total. The number of halogens is 1. The molecule has 0 saturated carbocycles. The molecule has 0 N–H and O–H groups in total. The van der Waals surface area contributed by atoms with E-state index in [4.69, 9.17) is 11.6 Å². The second-order valence-corrected chi connectivity index (χ2v) is 11.0. The summed E-state index contributed by atoms with van der Waals surface area (Å²) in [4.78, 5) is -0.211. The summed E-state index contributed by atoms with van der Waals surface area (Å²) >= 11 is 6.19. The molecular formula is C21H20ClNO4S2. The van der Waals surface area contributed by atoms with Gasteiger partial charge in [0.25, 0.3) is 20.0 Å². The van der Waals surface area contributed by atoms with Crippen molar-refractivity contribution in [1.29, 1.82) is 0 Å². The molecule has 0 spiro atoms. The molecule has 0 fully saturated rings. The molecule has 0 radical (unpaired) electrons. The summed E-state index contributed by atoms with van der Waals surface area (Å²) in [5.74, 6) is 0. The van der Waals surface area contributed by atoms with Gasteiger partial charge in [-0.05, 0) is 49.7 Å². The monoisotopic (exact) mass is 449 g/mol. The van der Waals surface area contributed by atoms with Gasteiger partial charge in [-0.1, -0.05) is 68.9 Å². The minimum absolute atomic E-state index is 0.106. The van der Waals surface area contributed by atoms with Crippen molar-refractivity contribution in [1.82, 2.24) is 3.71 Å². The summed E-state index contributed by atoms with van der Waals surface area (Å²) in [6.07, 6.45) is 0. The van der Waals surface area contributed by atoms with Gasteiger partial charge in [0, 0.05) is 5.02 Å². The summed E-state index contributed by atoms with van der Waals surface area (Å²) in [5, 5.41) is 0.288. The van der Waals surface area contributed by atoms with Crippen LogP contribution in [0.15, 0.2) is 82.6 Å². The molecule has 0 aliphatic heterocycles. The first-order chi connectivity index (χ1) is 13.6. The standard InChI is InChI=1S/C21H20ClNO4S2/c1-16-7-11-19(12-8-16)28(24,25)23(15-18-5-3-4-6-21(18)22)29(26,27)20-13-9-17(2)10-14-20/h3-14H,15H2,1-2H3. The molecular weight excluding hydrogens is 430 g/mol. The normalized spacial score (nSPS) is 12.3. The molecule has 3 aromatic carbocycles. The van der Waals surface area contributed by atoms with Crippen molar-refractivity contribution in [3.05, 3.63) is 94.5 Å². The number of hydrogen-bond acceptors (Lipinski definition) is 4. The average molecular weight is 450 g/mol. The maximum absolute atomic E-state index is 13.3. The van der Waals surface area contributed by atoms with E-state index in [1.165, 1.54) is 24.3 Å². The fourth-order valence-electron chi connectivity index (χ4n) is 2.72. The van der Waals surface area contributed by atoms with E-state index in [2.05, 4.69) is 0 Å². The molecule has 0 bridgehead atoms. The minimum atomic E-state index is -4.36. The van der Waals surface area contributed by atoms with E-state index in [9.17, 15) is 16.8 Å². The molecule has 8 heteroatoms. The van der Waals surface area contributed by atoms with Crippen molar-refractivity contribution in [2.75, 3.05) is 0 Å². The zero-order valence-corrected chi connectivity index (χ0v) is 18.3. The highest BCUT2D eigenvalue weighted by atomic mass is 35.5. The Morgan fingerprint density at radius 1 is 0.690 bits per heavy atom. The van der Waals surface area contributed by atoms with Gasteiger partial charge in [-0.3, -0.25) is 0 Å². The summed E-state index contributed by atoms with van der Waals surface area (Å²) in [5.41, 5.74) is 2.12. The third-order valence-corrected chi connectivity index (χ3v) is 9.04. The van der Waals surface area contributed by atoms with Crippen LogP contribution in [0.4, 0.5) is 0 Å². The van der Waals surface area contributed by atoms with E-state index in [-0.39, 0.29) is 14.8 Å². The van der Waals surface area contributed by atoms with Gasteiger partial charge >= 0.3 is 0 Å². The van der Waals surface area contributed by atoms with Crippen LogP contribution in [-0.4, -0.2) is 20.5 Å². The fraction of sp³-hybridized carbons (Fsp3) is 0.143. The predicted molar refractivity (Wildman–Crippen MR) is 114 cm³/mol. The fourth-order valence-corrected chi connectivity index (χ4v) is 6.51. The van der Waals surface area contributed by atoms with Gasteiger partial charge in [0.15, 0.2) is 0 Å². The van der Waals surface area contributed by atoms with Crippen molar-refractivity contribution >= 4 is 31.6 Å². The molecule has 152 valence electrons. The number of sulfonamides is 2. The maximum atomic E-state index is 13.3. The molecule has 0 aliphatic carbocycles. The number of rotatable bonds is 6. The van der Waals surface area contributed by atoms with Crippen LogP contribution in [0.5, 0.6) is 0 Å². The van der Waals surface area contributed by atoms with Gasteiger partial charge in [0.1, 0.15) is 0 Å². The van der Waals surface area contributed by atoms with Crippen molar-refractivity contribution in [3.63, 3.8) is 0 Å². The van der Waals surface area contributed by atoms with Crippen LogP contribution in [0, 0.1) is 13.8 Å². The number of aryl methyl sites for hydroxylation is 2. The Morgan fingerprint density at radius 2 is 1.10 bits per heavy atom. The van der Waals surface area contributed by atoms with Crippen LogP contribution < -0.4 is 0 Å². The molecule has 3 aromatic rings. The van der Waals surface area contributed by atoms with E-state index in [1.54, 1.807) is 48.5 Å². The van der Waals surface area contributed by atoms with Crippen LogP contribution in [-0.2, 0) is 26.6 Å². The topological polar surface area (TPSA) is 71.5 Å². The quantitative estimate of drug-likeness (QED) is 0.554. The van der Waals surface area contributed by atoms with Gasteiger partial charge in [-0.15, -0.1) is 0 Å². The summed E-state index contributed by atoms with van der Waals surface area (Å²) in [6, 6.07) is 18.6. The zero-order valence-electron chi connectivity index (χ0n) is 15.9. The van der Waals surface area contributed by atoms with E-state index in [0.717, 1.165) is 11.1 Å². The van der Waals surface area contributed by atoms with Gasteiger partial charge in [-0.2, -0.15) is 0 Å². The second kappa shape index (κ2) is 8.28. The third kappa shape index (κ3) is 4.53. The Hall–Kier alpha value is -2.19. The van der Waals surface area contributed by atoms with Gasteiger partial charge in [0.05, 0.1) is 16.3 Å². The van der Waals surface area contributed by atoms with E-state index < -0.39 is 26.6 Å². The predicted octanol–water partition coefficient (Wildman–Crippen LogP) is 4.54. The van der Waals surface area contributed by atoms with Crippen LogP contribution >= 0.6 is 11.6 Å². The zero-order chi connectivity index (χ0) is 21.2. The molecule has 3 rings (SSSR count). The van der Waals surface area contributed by atoms with Gasteiger partial charge < -0.3 is 0 Å². The first kappa shape index (κ1) is 21.5. The molecule has 29 heavy (non-hydrogen) atoms. The number of benzene rings is 3. The maximum Gasteiger partial charge on any atom is 0.256 e. The highest BCUT2D eigenvalue weighted by molar-refractivity contribution is 8.04. The highest BCUT2D eigenvalue weighted by Gasteiger charge is 2.37. The van der Waals surface area contributed by atoms with Crippen LogP contribution in [0.25, 0.3) is 0 Å². The SMILES string of the molecule is Cc1ccc(S(=O)(=O)N(Cc2ccccc2Cl)S(=O)(=O)c2ccc(C)cc2)cc1. The lowest BCUT2D eigenvalue weighted by molar-refractivity contribution is 0.494. The minimum Gasteiger partial charge on any atom is -0.206 e. The lowest BCUT2D eigenvalue weighted by Crippen LogP contribution is -2.36. The lowest BCUT2D eigenvalue weighted by atomic mass is 10.2. The molecule has 0 unspecified atom stereocenters. The van der Waals surface area contributed by atoms with Crippen molar-refractivity contribution in [2.24, 2.45) is 0 Å². The van der Waals surface area contributed by atoms with Gasteiger partial charge in [-0.25, -0.2) is 16.8 Å². The largest absolute Gasteiger partial charge is 0.256 e. The Morgan fingerprint density at radius 3 is 1.52 bits per heavy atom. The Balaban J connectivity index is 2.17. The van der Waals surface area contributed by atoms with Gasteiger partial charge in [0.2, 0.25) is 0 Å². The van der Waals surface area contributed by atoms with Crippen molar-refractivity contribution in [2.45, 2.75) is 30.2 Å². The molecule has 0 saturated heterocycles. The number of nitrogens with zero attached hydrogens (tertiary/aromatic N) is 1. The van der Waals surface area contributed by atoms with Crippen LogP contribution in [0.1, 0.15) is 16.7 Å². The smallest absolute Gasteiger partial charge is 0.206 e. The molecule has 0 heterocycles. The van der Waals surface area contributed by atoms with Crippen LogP contribution in [0.2, 0.25) is 5.02 Å². The summed E-state index contributed by atoms with van der Waals surface area (Å²) < 4.78 is 53.9. The Bertz CT molecular complexity index is 1140. The second-order valence-electron chi connectivity index (χ2n) is 6.66. The van der Waals surface area contributed by atoms with E-state index >= 15 is 0 Å². The van der Waals surface area contributed by atoms with E-state index in [1.807, 2.05) is 13.8 Å². The first-order valence-electron chi connectivity index (χ1n) is 8.77. The third-order valence-electron chi connectivity index (χ3n) is 4.43. The molecule has 0 aliphatic rings.